The minimum atomic E-state index is 0.0766. The van der Waals surface area contributed by atoms with Gasteiger partial charge in [-0.3, -0.25) is 0 Å². The Morgan fingerprint density at radius 3 is 2.54 bits per heavy atom. The van der Waals surface area contributed by atoms with Gasteiger partial charge in [0.1, 0.15) is 0 Å². The van der Waals surface area contributed by atoms with E-state index in [0.717, 1.165) is 11.3 Å². The van der Waals surface area contributed by atoms with E-state index in [1.54, 1.807) is 0 Å². The zero-order valence-corrected chi connectivity index (χ0v) is 8.39. The third-order valence-corrected chi connectivity index (χ3v) is 1.55. The summed E-state index contributed by atoms with van der Waals surface area (Å²) in [6.45, 7) is 6.36. The van der Waals surface area contributed by atoms with Crippen LogP contribution in [0, 0.1) is 12.3 Å². The monoisotopic (exact) mass is 173 g/mol. The minimum Gasteiger partial charge on any atom is -0.380 e. The third-order valence-electron chi connectivity index (χ3n) is 1.55. The molecule has 0 heterocycles. The quantitative estimate of drug-likeness (QED) is 0.644. The van der Waals surface area contributed by atoms with Crippen molar-refractivity contribution in [3.63, 3.8) is 0 Å². The van der Waals surface area contributed by atoms with Crippen LogP contribution in [0.25, 0.3) is 0 Å². The van der Waals surface area contributed by atoms with E-state index in [0.29, 0.717) is 0 Å². The molecule has 0 aromatic heterocycles. The van der Waals surface area contributed by atoms with Gasteiger partial charge in [0, 0.05) is 16.8 Å². The molecular formula is C12H15N. The van der Waals surface area contributed by atoms with Crippen molar-refractivity contribution in [1.82, 2.24) is 0 Å². The highest BCUT2D eigenvalue weighted by atomic mass is 14.9. The first kappa shape index (κ1) is 9.67. The highest BCUT2D eigenvalue weighted by molar-refractivity contribution is 5.51. The molecule has 1 aromatic carbocycles. The van der Waals surface area contributed by atoms with Gasteiger partial charge in [-0.25, -0.2) is 0 Å². The van der Waals surface area contributed by atoms with Gasteiger partial charge in [0.05, 0.1) is 0 Å². The van der Waals surface area contributed by atoms with Crippen LogP contribution in [-0.4, -0.2) is 5.54 Å². The standard InChI is InChI=1S/C12H15N/c1-5-10-7-6-8-11(9-10)13-12(2,3)4/h1,6-9,13H,2-4H3. The molecule has 1 heteroatoms. The number of rotatable bonds is 1. The fraction of sp³-hybridized carbons (Fsp3) is 0.333. The second kappa shape index (κ2) is 3.53. The molecule has 1 nitrogen and oxygen atoms in total. The average Bonchev–Trinajstić information content (AvgIpc) is 2.01. The zero-order chi connectivity index (χ0) is 9.90. The molecule has 0 fully saturated rings. The predicted molar refractivity (Wildman–Crippen MR) is 57.8 cm³/mol. The van der Waals surface area contributed by atoms with Crippen LogP contribution in [-0.2, 0) is 0 Å². The third kappa shape index (κ3) is 3.21. The number of hydrogen-bond donors (Lipinski definition) is 1. The van der Waals surface area contributed by atoms with Crippen molar-refractivity contribution in [3.05, 3.63) is 29.8 Å². The lowest BCUT2D eigenvalue weighted by Crippen LogP contribution is -2.25. The van der Waals surface area contributed by atoms with Gasteiger partial charge in [-0.05, 0) is 39.0 Å². The number of anilines is 1. The van der Waals surface area contributed by atoms with Crippen LogP contribution in [0.3, 0.4) is 0 Å². The Morgan fingerprint density at radius 1 is 1.31 bits per heavy atom. The van der Waals surface area contributed by atoms with Gasteiger partial charge in [-0.15, -0.1) is 6.42 Å². The van der Waals surface area contributed by atoms with Crippen LogP contribution < -0.4 is 5.32 Å². The molecule has 0 aliphatic heterocycles. The van der Waals surface area contributed by atoms with E-state index in [1.807, 2.05) is 24.3 Å². The largest absolute Gasteiger partial charge is 0.380 e. The summed E-state index contributed by atoms with van der Waals surface area (Å²) in [5.41, 5.74) is 2.06. The van der Waals surface area contributed by atoms with Gasteiger partial charge in [-0.2, -0.15) is 0 Å². The van der Waals surface area contributed by atoms with Crippen molar-refractivity contribution in [2.45, 2.75) is 26.3 Å². The Balaban J connectivity index is 2.86. The molecule has 1 aromatic rings. The van der Waals surface area contributed by atoms with E-state index in [9.17, 15) is 0 Å². The van der Waals surface area contributed by atoms with Gasteiger partial charge in [0.15, 0.2) is 0 Å². The van der Waals surface area contributed by atoms with E-state index in [1.165, 1.54) is 0 Å². The topological polar surface area (TPSA) is 12.0 Å². The van der Waals surface area contributed by atoms with Crippen molar-refractivity contribution in [2.75, 3.05) is 5.32 Å². The predicted octanol–water partition coefficient (Wildman–Crippen LogP) is 2.88. The molecule has 0 aliphatic rings. The van der Waals surface area contributed by atoms with Gasteiger partial charge in [0.25, 0.3) is 0 Å². The first-order valence-electron chi connectivity index (χ1n) is 4.36. The molecule has 0 amide bonds. The summed E-state index contributed by atoms with van der Waals surface area (Å²) in [4.78, 5) is 0. The first-order valence-corrected chi connectivity index (χ1v) is 4.36. The molecule has 0 saturated heterocycles. The van der Waals surface area contributed by atoms with Gasteiger partial charge < -0.3 is 5.32 Å². The summed E-state index contributed by atoms with van der Waals surface area (Å²) in [7, 11) is 0. The van der Waals surface area contributed by atoms with E-state index in [-0.39, 0.29) is 5.54 Å². The van der Waals surface area contributed by atoms with Crippen LogP contribution in [0.1, 0.15) is 26.3 Å². The van der Waals surface area contributed by atoms with Crippen LogP contribution in [0.4, 0.5) is 5.69 Å². The lowest BCUT2D eigenvalue weighted by Gasteiger charge is -2.22. The molecule has 0 aliphatic carbocycles. The Kier molecular flexibility index (Phi) is 2.63. The van der Waals surface area contributed by atoms with E-state index in [2.05, 4.69) is 32.0 Å². The Labute approximate surface area is 80.2 Å². The van der Waals surface area contributed by atoms with E-state index < -0.39 is 0 Å². The Morgan fingerprint density at radius 2 is 2.00 bits per heavy atom. The van der Waals surface area contributed by atoms with Crippen molar-refractivity contribution >= 4 is 5.69 Å². The molecule has 68 valence electrons. The maximum atomic E-state index is 5.30. The summed E-state index contributed by atoms with van der Waals surface area (Å²) in [5.74, 6) is 2.61. The minimum absolute atomic E-state index is 0.0766. The molecule has 0 bridgehead atoms. The number of benzene rings is 1. The molecule has 0 spiro atoms. The second-order valence-electron chi connectivity index (χ2n) is 4.10. The summed E-state index contributed by atoms with van der Waals surface area (Å²) in [6, 6.07) is 7.88. The van der Waals surface area contributed by atoms with Crippen molar-refractivity contribution < 1.29 is 0 Å². The van der Waals surface area contributed by atoms with Crippen LogP contribution in [0.15, 0.2) is 24.3 Å². The Bertz CT molecular complexity index is 326. The zero-order valence-electron chi connectivity index (χ0n) is 8.39. The summed E-state index contributed by atoms with van der Waals surface area (Å²) in [5, 5.41) is 3.36. The van der Waals surface area contributed by atoms with E-state index in [4.69, 9.17) is 6.42 Å². The smallest absolute Gasteiger partial charge is 0.0356 e. The van der Waals surface area contributed by atoms with E-state index >= 15 is 0 Å². The highest BCUT2D eigenvalue weighted by Crippen LogP contribution is 2.15. The molecule has 0 radical (unpaired) electrons. The first-order chi connectivity index (χ1) is 6.01. The summed E-state index contributed by atoms with van der Waals surface area (Å²) in [6.07, 6.45) is 5.30. The second-order valence-corrected chi connectivity index (χ2v) is 4.10. The number of terminal acetylenes is 1. The molecule has 1 rings (SSSR count). The molecule has 1 N–H and O–H groups in total. The highest BCUT2D eigenvalue weighted by Gasteiger charge is 2.08. The average molecular weight is 173 g/mol. The lowest BCUT2D eigenvalue weighted by atomic mass is 10.1. The van der Waals surface area contributed by atoms with Gasteiger partial charge in [0.2, 0.25) is 0 Å². The molecule has 0 saturated carbocycles. The van der Waals surface area contributed by atoms with Crippen LogP contribution in [0.2, 0.25) is 0 Å². The molecular weight excluding hydrogens is 158 g/mol. The number of hydrogen-bond acceptors (Lipinski definition) is 1. The lowest BCUT2D eigenvalue weighted by molar-refractivity contribution is 0.634. The normalized spacial score (nSPS) is 10.6. The maximum Gasteiger partial charge on any atom is 0.0356 e. The fourth-order valence-corrected chi connectivity index (χ4v) is 1.12. The molecule has 0 unspecified atom stereocenters. The number of nitrogens with one attached hydrogen (secondary N) is 1. The Hall–Kier alpha value is -1.42. The summed E-state index contributed by atoms with van der Waals surface area (Å²) >= 11 is 0. The van der Waals surface area contributed by atoms with Gasteiger partial charge >= 0.3 is 0 Å². The van der Waals surface area contributed by atoms with Crippen molar-refractivity contribution in [1.29, 1.82) is 0 Å². The fourth-order valence-electron chi connectivity index (χ4n) is 1.12. The summed E-state index contributed by atoms with van der Waals surface area (Å²) < 4.78 is 0. The molecule has 13 heavy (non-hydrogen) atoms. The van der Waals surface area contributed by atoms with Crippen LogP contribution in [0.5, 0.6) is 0 Å². The van der Waals surface area contributed by atoms with Crippen LogP contribution >= 0.6 is 0 Å². The van der Waals surface area contributed by atoms with Crippen molar-refractivity contribution in [3.8, 4) is 12.3 Å². The molecule has 0 atom stereocenters. The maximum absolute atomic E-state index is 5.30. The van der Waals surface area contributed by atoms with Crippen molar-refractivity contribution in [2.24, 2.45) is 0 Å². The van der Waals surface area contributed by atoms with Gasteiger partial charge in [-0.1, -0.05) is 12.0 Å². The SMILES string of the molecule is C#Cc1cccc(NC(C)(C)C)c1.